The van der Waals surface area contributed by atoms with Gasteiger partial charge in [0.15, 0.2) is 0 Å². The van der Waals surface area contributed by atoms with Gasteiger partial charge in [0.1, 0.15) is 17.7 Å². The summed E-state index contributed by atoms with van der Waals surface area (Å²) in [6, 6.07) is 16.2. The van der Waals surface area contributed by atoms with Crippen LogP contribution in [0.5, 0.6) is 5.75 Å². The summed E-state index contributed by atoms with van der Waals surface area (Å²) in [6.07, 6.45) is 2.22. The van der Waals surface area contributed by atoms with Gasteiger partial charge in [-0.3, -0.25) is 4.79 Å². The van der Waals surface area contributed by atoms with Crippen LogP contribution in [-0.2, 0) is 24.2 Å². The lowest BCUT2D eigenvalue weighted by Gasteiger charge is -2.21. The normalized spacial score (nSPS) is 15.6. The summed E-state index contributed by atoms with van der Waals surface area (Å²) < 4.78 is 8.13. The molecule has 5 nitrogen and oxygen atoms in total. The van der Waals surface area contributed by atoms with Crippen LogP contribution < -0.4 is 4.74 Å². The molecular weight excluding hydrogens is 338 g/mol. The zero-order valence-electron chi connectivity index (χ0n) is 15.9. The van der Waals surface area contributed by atoms with Crippen molar-refractivity contribution in [3.05, 3.63) is 59.9 Å². The predicted octanol–water partition coefficient (Wildman–Crippen LogP) is 3.45. The number of hydrogen-bond donors (Lipinski definition) is 0. The van der Waals surface area contributed by atoms with Crippen molar-refractivity contribution in [1.82, 2.24) is 14.5 Å². The lowest BCUT2D eigenvalue weighted by molar-refractivity contribution is -0.131. The SMILES string of the molecule is CCc1nc2ccccc2n1CCC(=O)N(C)C[C@@H]1Cc2ccccc2O1. The van der Waals surface area contributed by atoms with Crippen molar-refractivity contribution in [1.29, 1.82) is 0 Å². The van der Waals surface area contributed by atoms with Crippen molar-refractivity contribution < 1.29 is 9.53 Å². The first kappa shape index (κ1) is 17.6. The van der Waals surface area contributed by atoms with E-state index in [1.807, 2.05) is 43.4 Å². The number of ether oxygens (including phenoxy) is 1. The minimum absolute atomic E-state index is 0.0385. The van der Waals surface area contributed by atoms with Crippen LogP contribution in [0.2, 0.25) is 0 Å². The number of benzene rings is 2. The van der Waals surface area contributed by atoms with Crippen molar-refractivity contribution in [2.24, 2.45) is 0 Å². The Kier molecular flexibility index (Phi) is 4.84. The molecule has 0 radical (unpaired) electrons. The Morgan fingerprint density at radius 1 is 1.22 bits per heavy atom. The van der Waals surface area contributed by atoms with Crippen molar-refractivity contribution in [3.63, 3.8) is 0 Å². The highest BCUT2D eigenvalue weighted by Crippen LogP contribution is 2.28. The average molecular weight is 363 g/mol. The number of aromatic nitrogens is 2. The van der Waals surface area contributed by atoms with Gasteiger partial charge in [-0.2, -0.15) is 0 Å². The van der Waals surface area contributed by atoms with Crippen LogP contribution >= 0.6 is 0 Å². The minimum atomic E-state index is 0.0385. The van der Waals surface area contributed by atoms with E-state index in [0.29, 0.717) is 19.5 Å². The first-order chi connectivity index (χ1) is 13.2. The molecule has 27 heavy (non-hydrogen) atoms. The third kappa shape index (κ3) is 3.54. The number of para-hydroxylation sites is 3. The van der Waals surface area contributed by atoms with Crippen molar-refractivity contribution in [2.45, 2.75) is 38.8 Å². The van der Waals surface area contributed by atoms with E-state index in [1.54, 1.807) is 4.90 Å². The molecule has 3 aromatic rings. The number of rotatable bonds is 6. The molecule has 1 amide bonds. The number of imidazole rings is 1. The molecule has 2 heterocycles. The minimum Gasteiger partial charge on any atom is -0.488 e. The molecule has 5 heteroatoms. The lowest BCUT2D eigenvalue weighted by atomic mass is 10.1. The Hall–Kier alpha value is -2.82. The number of carbonyl (C=O) groups is 1. The van der Waals surface area contributed by atoms with Gasteiger partial charge < -0.3 is 14.2 Å². The smallest absolute Gasteiger partial charge is 0.224 e. The number of aryl methyl sites for hydroxylation is 2. The molecular formula is C22H25N3O2. The molecule has 0 aliphatic carbocycles. The van der Waals surface area contributed by atoms with Crippen LogP contribution in [0.3, 0.4) is 0 Å². The number of amides is 1. The molecule has 4 rings (SSSR count). The van der Waals surface area contributed by atoms with Crippen molar-refractivity contribution >= 4 is 16.9 Å². The van der Waals surface area contributed by atoms with Crippen LogP contribution in [0.4, 0.5) is 0 Å². The summed E-state index contributed by atoms with van der Waals surface area (Å²) >= 11 is 0. The van der Waals surface area contributed by atoms with E-state index >= 15 is 0 Å². The van der Waals surface area contributed by atoms with E-state index in [2.05, 4.69) is 28.6 Å². The highest BCUT2D eigenvalue weighted by molar-refractivity contribution is 5.78. The van der Waals surface area contributed by atoms with E-state index in [9.17, 15) is 4.79 Å². The fourth-order valence-corrected chi connectivity index (χ4v) is 3.81. The first-order valence-electron chi connectivity index (χ1n) is 9.58. The summed E-state index contributed by atoms with van der Waals surface area (Å²) in [5.74, 6) is 2.11. The highest BCUT2D eigenvalue weighted by atomic mass is 16.5. The van der Waals surface area contributed by atoms with Gasteiger partial charge in [-0.1, -0.05) is 37.3 Å². The molecule has 140 valence electrons. The fraction of sp³-hybridized carbons (Fsp3) is 0.364. The largest absolute Gasteiger partial charge is 0.488 e. The number of nitrogens with zero attached hydrogens (tertiary/aromatic N) is 3. The quantitative estimate of drug-likeness (QED) is 0.674. The van der Waals surface area contributed by atoms with Crippen LogP contribution in [0.1, 0.15) is 24.7 Å². The maximum absolute atomic E-state index is 12.7. The molecule has 1 aromatic heterocycles. The number of fused-ring (bicyclic) bond motifs is 2. The van der Waals surface area contributed by atoms with Gasteiger partial charge in [0, 0.05) is 32.9 Å². The van der Waals surface area contributed by atoms with Crippen LogP contribution in [0.15, 0.2) is 48.5 Å². The summed E-state index contributed by atoms with van der Waals surface area (Å²) in [7, 11) is 1.86. The van der Waals surface area contributed by atoms with E-state index in [0.717, 1.165) is 35.4 Å². The molecule has 1 aliphatic rings. The van der Waals surface area contributed by atoms with E-state index < -0.39 is 0 Å². The van der Waals surface area contributed by atoms with Crippen molar-refractivity contribution in [3.8, 4) is 5.75 Å². The second-order valence-corrected chi connectivity index (χ2v) is 7.10. The van der Waals surface area contributed by atoms with Crippen LogP contribution in [0, 0.1) is 0 Å². The van der Waals surface area contributed by atoms with Gasteiger partial charge in [-0.05, 0) is 23.8 Å². The summed E-state index contributed by atoms with van der Waals surface area (Å²) in [4.78, 5) is 19.1. The fourth-order valence-electron chi connectivity index (χ4n) is 3.81. The molecule has 2 aromatic carbocycles. The third-order valence-corrected chi connectivity index (χ3v) is 5.22. The lowest BCUT2D eigenvalue weighted by Crippen LogP contribution is -2.36. The standard InChI is InChI=1S/C22H25N3O2/c1-3-21-23-18-9-5-6-10-19(18)25(21)13-12-22(26)24(2)15-17-14-16-8-4-7-11-20(16)27-17/h4-11,17H,3,12-15H2,1-2H3/t17-/m0/s1. The highest BCUT2D eigenvalue weighted by Gasteiger charge is 2.25. The molecule has 1 atom stereocenters. The van der Waals surface area contributed by atoms with Gasteiger partial charge in [0.2, 0.25) is 5.91 Å². The van der Waals surface area contributed by atoms with Crippen molar-refractivity contribution in [2.75, 3.05) is 13.6 Å². The molecule has 0 N–H and O–H groups in total. The Labute approximate surface area is 159 Å². The molecule has 0 saturated heterocycles. The third-order valence-electron chi connectivity index (χ3n) is 5.22. The Balaban J connectivity index is 1.37. The second-order valence-electron chi connectivity index (χ2n) is 7.10. The van der Waals surface area contributed by atoms with Gasteiger partial charge >= 0.3 is 0 Å². The predicted molar refractivity (Wildman–Crippen MR) is 106 cm³/mol. The maximum atomic E-state index is 12.7. The van der Waals surface area contributed by atoms with Gasteiger partial charge in [-0.15, -0.1) is 0 Å². The van der Waals surface area contributed by atoms with E-state index in [-0.39, 0.29) is 12.0 Å². The monoisotopic (exact) mass is 363 g/mol. The van der Waals surface area contributed by atoms with Gasteiger partial charge in [0.05, 0.1) is 17.6 Å². The number of hydrogen-bond acceptors (Lipinski definition) is 3. The summed E-state index contributed by atoms with van der Waals surface area (Å²) in [5, 5.41) is 0. The average Bonchev–Trinajstić information content (AvgIpc) is 3.26. The Morgan fingerprint density at radius 2 is 2.00 bits per heavy atom. The molecule has 0 spiro atoms. The molecule has 1 aliphatic heterocycles. The van der Waals surface area contributed by atoms with Gasteiger partial charge in [-0.25, -0.2) is 4.98 Å². The number of likely N-dealkylation sites (N-methyl/N-ethyl adjacent to an activating group) is 1. The summed E-state index contributed by atoms with van der Waals surface area (Å²) in [6.45, 7) is 3.36. The second kappa shape index (κ2) is 7.43. The Morgan fingerprint density at radius 3 is 2.81 bits per heavy atom. The van der Waals surface area contributed by atoms with Gasteiger partial charge in [0.25, 0.3) is 0 Å². The van der Waals surface area contributed by atoms with E-state index in [4.69, 9.17) is 4.74 Å². The molecule has 0 bridgehead atoms. The zero-order chi connectivity index (χ0) is 18.8. The van der Waals surface area contributed by atoms with Crippen LogP contribution in [0.25, 0.3) is 11.0 Å². The zero-order valence-corrected chi connectivity index (χ0v) is 15.9. The first-order valence-corrected chi connectivity index (χ1v) is 9.58. The van der Waals surface area contributed by atoms with Crippen LogP contribution in [-0.4, -0.2) is 40.1 Å². The van der Waals surface area contributed by atoms with E-state index in [1.165, 1.54) is 5.56 Å². The number of carbonyl (C=O) groups excluding carboxylic acids is 1. The summed E-state index contributed by atoms with van der Waals surface area (Å²) in [5.41, 5.74) is 3.31. The topological polar surface area (TPSA) is 47.4 Å². The Bertz CT molecular complexity index is 938. The maximum Gasteiger partial charge on any atom is 0.224 e. The molecule has 0 fully saturated rings. The molecule has 0 unspecified atom stereocenters. The molecule has 0 saturated carbocycles.